The van der Waals surface area contributed by atoms with Crippen LogP contribution in [0.4, 0.5) is 14.5 Å². The lowest BCUT2D eigenvalue weighted by Gasteiger charge is -2.10. The van der Waals surface area contributed by atoms with E-state index in [1.807, 2.05) is 19.1 Å². The molecule has 1 aromatic heterocycles. The van der Waals surface area contributed by atoms with Crippen LogP contribution in [0.25, 0.3) is 22.4 Å². The van der Waals surface area contributed by atoms with Crippen molar-refractivity contribution in [3.63, 3.8) is 0 Å². The summed E-state index contributed by atoms with van der Waals surface area (Å²) >= 11 is 0. The number of unbranched alkanes of at least 4 members (excludes halogenated alkanes) is 1. The van der Waals surface area contributed by atoms with Crippen LogP contribution >= 0.6 is 0 Å². The van der Waals surface area contributed by atoms with Crippen molar-refractivity contribution in [1.29, 1.82) is 5.26 Å². The molecule has 0 aliphatic carbocycles. The molecule has 122 valence electrons. The number of rotatable bonds is 4. The van der Waals surface area contributed by atoms with Gasteiger partial charge in [-0.2, -0.15) is 5.26 Å². The molecule has 0 saturated carbocycles. The lowest BCUT2D eigenvalue weighted by Crippen LogP contribution is -2.02. The Kier molecular flexibility index (Phi) is 4.17. The Morgan fingerprint density at radius 1 is 1.21 bits per heavy atom. The van der Waals surface area contributed by atoms with Crippen molar-refractivity contribution in [2.75, 3.05) is 5.73 Å². The Morgan fingerprint density at radius 2 is 1.96 bits per heavy atom. The maximum absolute atomic E-state index is 13.7. The summed E-state index contributed by atoms with van der Waals surface area (Å²) in [6, 6.07) is 9.87. The van der Waals surface area contributed by atoms with Gasteiger partial charge in [0.25, 0.3) is 0 Å². The minimum atomic E-state index is -0.931. The van der Waals surface area contributed by atoms with Gasteiger partial charge in [0.15, 0.2) is 11.6 Å². The molecule has 2 aromatic carbocycles. The molecular formula is C18H16F2N4. The molecule has 4 nitrogen and oxygen atoms in total. The number of anilines is 1. The molecule has 0 unspecified atom stereocenters. The number of imidazole rings is 1. The van der Waals surface area contributed by atoms with Crippen molar-refractivity contribution in [2.45, 2.75) is 26.3 Å². The summed E-state index contributed by atoms with van der Waals surface area (Å²) in [4.78, 5) is 4.45. The third-order valence-electron chi connectivity index (χ3n) is 4.00. The molecule has 3 rings (SSSR count). The Balaban J connectivity index is 2.19. The summed E-state index contributed by atoms with van der Waals surface area (Å²) in [6.45, 7) is 2.39. The van der Waals surface area contributed by atoms with Gasteiger partial charge in [-0.05, 0) is 25.0 Å². The van der Waals surface area contributed by atoms with Crippen molar-refractivity contribution >= 4 is 16.7 Å². The van der Waals surface area contributed by atoms with Crippen LogP contribution in [0.15, 0.2) is 30.3 Å². The Labute approximate surface area is 138 Å². The van der Waals surface area contributed by atoms with Crippen molar-refractivity contribution in [1.82, 2.24) is 9.55 Å². The van der Waals surface area contributed by atoms with E-state index in [0.717, 1.165) is 23.3 Å². The molecule has 0 spiro atoms. The van der Waals surface area contributed by atoms with Crippen molar-refractivity contribution < 1.29 is 8.78 Å². The monoisotopic (exact) mass is 326 g/mol. The minimum absolute atomic E-state index is 0.374. The van der Waals surface area contributed by atoms with E-state index in [1.165, 1.54) is 0 Å². The second-order valence-corrected chi connectivity index (χ2v) is 5.68. The van der Waals surface area contributed by atoms with Gasteiger partial charge in [-0.1, -0.05) is 12.1 Å². The van der Waals surface area contributed by atoms with E-state index in [4.69, 9.17) is 11.0 Å². The summed E-state index contributed by atoms with van der Waals surface area (Å²) in [5, 5.41) is 8.74. The standard InChI is InChI=1S/C18H16F2N4/c1-11-4-5-12(8-15(11)22)18-23-16-9-13(19)14(20)10-17(16)24(18)7-3-2-6-21/h4-5,8-10H,2-3,7,22H2,1H3. The summed E-state index contributed by atoms with van der Waals surface area (Å²) in [5.74, 6) is -1.27. The number of halogens is 2. The molecule has 0 saturated heterocycles. The number of aryl methyl sites for hydroxylation is 2. The molecule has 0 amide bonds. The highest BCUT2D eigenvalue weighted by Crippen LogP contribution is 2.29. The fourth-order valence-electron chi connectivity index (χ4n) is 2.66. The molecule has 1 heterocycles. The van der Waals surface area contributed by atoms with Gasteiger partial charge in [0.2, 0.25) is 0 Å². The molecule has 0 fully saturated rings. The van der Waals surface area contributed by atoms with Gasteiger partial charge >= 0.3 is 0 Å². The van der Waals surface area contributed by atoms with E-state index >= 15 is 0 Å². The van der Waals surface area contributed by atoms with Gasteiger partial charge in [-0.3, -0.25) is 0 Å². The van der Waals surface area contributed by atoms with E-state index in [1.54, 1.807) is 10.6 Å². The first-order valence-corrected chi connectivity index (χ1v) is 7.60. The zero-order chi connectivity index (χ0) is 17.3. The van der Waals surface area contributed by atoms with E-state index in [-0.39, 0.29) is 0 Å². The number of nitriles is 1. The number of hydrogen-bond donors (Lipinski definition) is 1. The van der Waals surface area contributed by atoms with Gasteiger partial charge < -0.3 is 10.3 Å². The van der Waals surface area contributed by atoms with E-state index < -0.39 is 11.6 Å². The third-order valence-corrected chi connectivity index (χ3v) is 4.00. The number of nitrogens with zero attached hydrogens (tertiary/aromatic N) is 3. The summed E-state index contributed by atoms with van der Waals surface area (Å²) < 4.78 is 29.0. The average molecular weight is 326 g/mol. The zero-order valence-electron chi connectivity index (χ0n) is 13.2. The lowest BCUT2D eigenvalue weighted by atomic mass is 10.1. The Morgan fingerprint density at radius 3 is 2.67 bits per heavy atom. The normalized spacial score (nSPS) is 10.9. The van der Waals surface area contributed by atoms with Crippen LogP contribution in [-0.4, -0.2) is 9.55 Å². The number of fused-ring (bicyclic) bond motifs is 1. The highest BCUT2D eigenvalue weighted by molar-refractivity contribution is 5.81. The number of aromatic nitrogens is 2. The topological polar surface area (TPSA) is 67.6 Å². The number of nitrogen functional groups attached to an aromatic ring is 1. The van der Waals surface area contributed by atoms with Crippen LogP contribution in [0.5, 0.6) is 0 Å². The Bertz CT molecular complexity index is 954. The first-order valence-electron chi connectivity index (χ1n) is 7.60. The van der Waals surface area contributed by atoms with Gasteiger partial charge in [0.1, 0.15) is 5.82 Å². The molecule has 24 heavy (non-hydrogen) atoms. The average Bonchev–Trinajstić information content (AvgIpc) is 2.89. The van der Waals surface area contributed by atoms with Crippen molar-refractivity contribution in [3.8, 4) is 17.5 Å². The highest BCUT2D eigenvalue weighted by atomic mass is 19.2. The second kappa shape index (κ2) is 6.28. The first kappa shape index (κ1) is 15.9. The smallest absolute Gasteiger partial charge is 0.161 e. The summed E-state index contributed by atoms with van der Waals surface area (Å²) in [6.07, 6.45) is 0.966. The van der Waals surface area contributed by atoms with Crippen LogP contribution in [0.3, 0.4) is 0 Å². The summed E-state index contributed by atoms with van der Waals surface area (Å²) in [5.41, 5.74) is 9.19. The molecule has 0 radical (unpaired) electrons. The number of benzene rings is 2. The molecule has 0 atom stereocenters. The van der Waals surface area contributed by atoms with E-state index in [2.05, 4.69) is 11.1 Å². The molecule has 0 aliphatic heterocycles. The summed E-state index contributed by atoms with van der Waals surface area (Å²) in [7, 11) is 0. The highest BCUT2D eigenvalue weighted by Gasteiger charge is 2.16. The van der Waals surface area contributed by atoms with Gasteiger partial charge in [-0.15, -0.1) is 0 Å². The van der Waals surface area contributed by atoms with Crippen molar-refractivity contribution in [2.24, 2.45) is 0 Å². The SMILES string of the molecule is Cc1ccc(-c2nc3cc(F)c(F)cc3n2CCCC#N)cc1N. The molecule has 2 N–H and O–H groups in total. The van der Waals surface area contributed by atoms with Crippen LogP contribution in [-0.2, 0) is 6.54 Å². The van der Waals surface area contributed by atoms with Crippen LogP contribution < -0.4 is 5.73 Å². The second-order valence-electron chi connectivity index (χ2n) is 5.68. The van der Waals surface area contributed by atoms with Gasteiger partial charge in [-0.25, -0.2) is 13.8 Å². The first-order chi connectivity index (χ1) is 11.5. The molecular weight excluding hydrogens is 310 g/mol. The fraction of sp³-hybridized carbons (Fsp3) is 0.222. The number of nitrogens with two attached hydrogens (primary N) is 1. The zero-order valence-corrected chi connectivity index (χ0v) is 13.2. The van der Waals surface area contributed by atoms with Crippen LogP contribution in [0.2, 0.25) is 0 Å². The van der Waals surface area contributed by atoms with E-state index in [0.29, 0.717) is 41.9 Å². The molecule has 0 bridgehead atoms. The van der Waals surface area contributed by atoms with Crippen molar-refractivity contribution in [3.05, 3.63) is 47.5 Å². The Hall–Kier alpha value is -2.94. The number of hydrogen-bond acceptors (Lipinski definition) is 3. The largest absolute Gasteiger partial charge is 0.398 e. The third kappa shape index (κ3) is 2.81. The maximum atomic E-state index is 13.7. The molecule has 3 aromatic rings. The minimum Gasteiger partial charge on any atom is -0.398 e. The van der Waals surface area contributed by atoms with E-state index in [9.17, 15) is 8.78 Å². The van der Waals surface area contributed by atoms with Gasteiger partial charge in [0, 0.05) is 36.3 Å². The van der Waals surface area contributed by atoms with Crippen LogP contribution in [0, 0.1) is 29.9 Å². The quantitative estimate of drug-likeness (QED) is 0.578. The maximum Gasteiger partial charge on any atom is 0.161 e. The molecule has 6 heteroatoms. The van der Waals surface area contributed by atoms with Crippen LogP contribution in [0.1, 0.15) is 18.4 Å². The predicted octanol–water partition coefficient (Wildman–Crippen LogP) is 4.18. The predicted molar refractivity (Wildman–Crippen MR) is 89.1 cm³/mol. The van der Waals surface area contributed by atoms with Gasteiger partial charge in [0.05, 0.1) is 17.1 Å². The molecule has 0 aliphatic rings. The fourth-order valence-corrected chi connectivity index (χ4v) is 2.66. The lowest BCUT2D eigenvalue weighted by molar-refractivity contribution is 0.510.